The molecule has 2 aromatic carbocycles. The van der Waals surface area contributed by atoms with E-state index in [2.05, 4.69) is 26.6 Å². The van der Waals surface area contributed by atoms with Crippen LogP contribution in [0.25, 0.3) is 0 Å². The van der Waals surface area contributed by atoms with E-state index in [1.807, 2.05) is 0 Å². The maximum absolute atomic E-state index is 12.2. The van der Waals surface area contributed by atoms with Crippen molar-refractivity contribution in [1.82, 2.24) is 0 Å². The summed E-state index contributed by atoms with van der Waals surface area (Å²) in [6, 6.07) is 12.1. The first-order valence-electron chi connectivity index (χ1n) is 7.08. The maximum atomic E-state index is 12.2. The molecule has 0 fully saturated rings. The maximum Gasteiger partial charge on any atom is 0.255 e. The Kier molecular flexibility index (Phi) is 5.76. The lowest BCUT2D eigenvalue weighted by Crippen LogP contribution is -2.12. The number of amides is 2. The Morgan fingerprint density at radius 2 is 1.65 bits per heavy atom. The molecule has 0 saturated heterocycles. The lowest BCUT2D eigenvalue weighted by molar-refractivity contribution is -0.115. The van der Waals surface area contributed by atoms with Crippen LogP contribution in [0.2, 0.25) is 0 Å². The van der Waals surface area contributed by atoms with Gasteiger partial charge in [0.05, 0.1) is 11.6 Å². The first-order valence-corrected chi connectivity index (χ1v) is 7.87. The Labute approximate surface area is 143 Å². The van der Waals surface area contributed by atoms with Crippen LogP contribution in [-0.2, 0) is 4.79 Å². The van der Waals surface area contributed by atoms with Gasteiger partial charge in [-0.2, -0.15) is 0 Å². The van der Waals surface area contributed by atoms with Crippen LogP contribution in [-0.4, -0.2) is 18.9 Å². The fraction of sp³-hybridized carbons (Fsp3) is 0.176. The van der Waals surface area contributed by atoms with Gasteiger partial charge in [-0.25, -0.2) is 0 Å². The number of nitrogens with one attached hydrogen (secondary N) is 2. The molecule has 120 valence electrons. The van der Waals surface area contributed by atoms with Crippen LogP contribution in [0.3, 0.4) is 0 Å². The van der Waals surface area contributed by atoms with Crippen molar-refractivity contribution in [3.8, 4) is 5.75 Å². The van der Waals surface area contributed by atoms with E-state index >= 15 is 0 Å². The van der Waals surface area contributed by atoms with Crippen LogP contribution in [0, 0.1) is 0 Å². The van der Waals surface area contributed by atoms with Crippen molar-refractivity contribution in [2.75, 3.05) is 17.7 Å². The van der Waals surface area contributed by atoms with Crippen LogP contribution < -0.4 is 15.4 Å². The molecule has 2 N–H and O–H groups in total. The minimum atomic E-state index is -0.223. The predicted octanol–water partition coefficient (Wildman–Crippen LogP) is 4.06. The zero-order valence-corrected chi connectivity index (χ0v) is 14.4. The monoisotopic (exact) mass is 376 g/mol. The molecule has 2 amide bonds. The van der Waals surface area contributed by atoms with Crippen molar-refractivity contribution in [1.29, 1.82) is 0 Å². The van der Waals surface area contributed by atoms with Gasteiger partial charge in [-0.15, -0.1) is 0 Å². The fourth-order valence-corrected chi connectivity index (χ4v) is 2.44. The summed E-state index contributed by atoms with van der Waals surface area (Å²) in [6.45, 7) is 1.79. The fourth-order valence-electron chi connectivity index (χ4n) is 1.90. The number of hydrogen-bond donors (Lipinski definition) is 2. The second kappa shape index (κ2) is 7.78. The summed E-state index contributed by atoms with van der Waals surface area (Å²) >= 11 is 3.36. The van der Waals surface area contributed by atoms with Gasteiger partial charge in [0, 0.05) is 23.4 Å². The third kappa shape index (κ3) is 4.56. The van der Waals surface area contributed by atoms with E-state index in [0.29, 0.717) is 33.6 Å². The molecule has 0 radical (unpaired) electrons. The highest BCUT2D eigenvalue weighted by atomic mass is 79.9. The van der Waals surface area contributed by atoms with Gasteiger partial charge in [0.15, 0.2) is 0 Å². The first-order chi connectivity index (χ1) is 11.0. The SMILES string of the molecule is CCC(=O)Nc1ccc(NC(=O)c2ccc(OC)c(Br)c2)cc1. The van der Waals surface area contributed by atoms with E-state index in [1.54, 1.807) is 56.5 Å². The van der Waals surface area contributed by atoms with Gasteiger partial charge in [-0.3, -0.25) is 9.59 Å². The zero-order valence-electron chi connectivity index (χ0n) is 12.9. The molecule has 0 saturated carbocycles. The standard InChI is InChI=1S/C17H17BrN2O3/c1-3-16(21)19-12-5-7-13(8-6-12)20-17(22)11-4-9-15(23-2)14(18)10-11/h4-10H,3H2,1-2H3,(H,19,21)(H,20,22). The van der Waals surface area contributed by atoms with E-state index in [-0.39, 0.29) is 11.8 Å². The summed E-state index contributed by atoms with van der Waals surface area (Å²) in [5.74, 6) is 0.390. The van der Waals surface area contributed by atoms with Gasteiger partial charge in [0.2, 0.25) is 5.91 Å². The van der Waals surface area contributed by atoms with E-state index in [1.165, 1.54) is 0 Å². The molecular formula is C17H17BrN2O3. The molecule has 0 heterocycles. The normalized spacial score (nSPS) is 10.0. The van der Waals surface area contributed by atoms with E-state index in [4.69, 9.17) is 4.74 Å². The van der Waals surface area contributed by atoms with Crippen LogP contribution in [0.4, 0.5) is 11.4 Å². The van der Waals surface area contributed by atoms with Crippen molar-refractivity contribution in [2.45, 2.75) is 13.3 Å². The molecular weight excluding hydrogens is 360 g/mol. The van der Waals surface area contributed by atoms with Crippen molar-refractivity contribution in [2.24, 2.45) is 0 Å². The Balaban J connectivity index is 2.05. The van der Waals surface area contributed by atoms with Crippen LogP contribution in [0.15, 0.2) is 46.9 Å². The van der Waals surface area contributed by atoms with E-state index in [0.717, 1.165) is 0 Å². The number of carbonyl (C=O) groups is 2. The van der Waals surface area contributed by atoms with Gasteiger partial charge in [0.25, 0.3) is 5.91 Å². The second-order valence-corrected chi connectivity index (χ2v) is 5.64. The molecule has 0 aliphatic heterocycles. The number of ether oxygens (including phenoxy) is 1. The quantitative estimate of drug-likeness (QED) is 0.826. The third-order valence-corrected chi connectivity index (χ3v) is 3.78. The van der Waals surface area contributed by atoms with Crippen molar-refractivity contribution in [3.05, 3.63) is 52.5 Å². The number of hydrogen-bond acceptors (Lipinski definition) is 3. The Morgan fingerprint density at radius 3 is 2.17 bits per heavy atom. The summed E-state index contributed by atoms with van der Waals surface area (Å²) in [7, 11) is 1.57. The Morgan fingerprint density at radius 1 is 1.04 bits per heavy atom. The lowest BCUT2D eigenvalue weighted by Gasteiger charge is -2.09. The second-order valence-electron chi connectivity index (χ2n) is 4.78. The molecule has 2 aromatic rings. The topological polar surface area (TPSA) is 67.4 Å². The molecule has 0 unspecified atom stereocenters. The average Bonchev–Trinajstić information content (AvgIpc) is 2.56. The smallest absolute Gasteiger partial charge is 0.255 e. The summed E-state index contributed by atoms with van der Waals surface area (Å²) in [5.41, 5.74) is 1.86. The summed E-state index contributed by atoms with van der Waals surface area (Å²) < 4.78 is 5.85. The highest BCUT2D eigenvalue weighted by molar-refractivity contribution is 9.10. The Bertz CT molecular complexity index is 714. The molecule has 6 heteroatoms. The summed E-state index contributed by atoms with van der Waals surface area (Å²) in [4.78, 5) is 23.6. The molecule has 0 spiro atoms. The molecule has 0 bridgehead atoms. The number of methoxy groups -OCH3 is 1. The first kappa shape index (κ1) is 17.0. The van der Waals surface area contributed by atoms with Crippen LogP contribution in [0.1, 0.15) is 23.7 Å². The van der Waals surface area contributed by atoms with Crippen molar-refractivity contribution < 1.29 is 14.3 Å². The average molecular weight is 377 g/mol. The third-order valence-electron chi connectivity index (χ3n) is 3.16. The minimum absolute atomic E-state index is 0.0510. The number of anilines is 2. The molecule has 5 nitrogen and oxygen atoms in total. The molecule has 0 aliphatic rings. The molecule has 23 heavy (non-hydrogen) atoms. The summed E-state index contributed by atoms with van der Waals surface area (Å²) in [6.07, 6.45) is 0.421. The van der Waals surface area contributed by atoms with Gasteiger partial charge < -0.3 is 15.4 Å². The van der Waals surface area contributed by atoms with Crippen LogP contribution >= 0.6 is 15.9 Å². The van der Waals surface area contributed by atoms with Crippen molar-refractivity contribution in [3.63, 3.8) is 0 Å². The number of halogens is 1. The number of benzene rings is 2. The van der Waals surface area contributed by atoms with Gasteiger partial charge in [0.1, 0.15) is 5.75 Å². The lowest BCUT2D eigenvalue weighted by atomic mass is 10.2. The van der Waals surface area contributed by atoms with E-state index in [9.17, 15) is 9.59 Å². The molecule has 0 atom stereocenters. The number of rotatable bonds is 5. The molecule has 0 aliphatic carbocycles. The Hall–Kier alpha value is -2.34. The molecule has 2 rings (SSSR count). The predicted molar refractivity (Wildman–Crippen MR) is 94.0 cm³/mol. The van der Waals surface area contributed by atoms with Gasteiger partial charge >= 0.3 is 0 Å². The van der Waals surface area contributed by atoms with Gasteiger partial charge in [-0.1, -0.05) is 6.92 Å². The zero-order chi connectivity index (χ0) is 16.8. The largest absolute Gasteiger partial charge is 0.496 e. The van der Waals surface area contributed by atoms with E-state index < -0.39 is 0 Å². The molecule has 0 aromatic heterocycles. The van der Waals surface area contributed by atoms with Crippen molar-refractivity contribution >= 4 is 39.1 Å². The van der Waals surface area contributed by atoms with Crippen LogP contribution in [0.5, 0.6) is 5.75 Å². The minimum Gasteiger partial charge on any atom is -0.496 e. The number of carbonyl (C=O) groups excluding carboxylic acids is 2. The van der Waals surface area contributed by atoms with Gasteiger partial charge in [-0.05, 0) is 58.4 Å². The highest BCUT2D eigenvalue weighted by Gasteiger charge is 2.09. The highest BCUT2D eigenvalue weighted by Crippen LogP contribution is 2.26. The summed E-state index contributed by atoms with van der Waals surface area (Å²) in [5, 5.41) is 5.56.